The molecule has 0 bridgehead atoms. The maximum atomic E-state index is 7.07. The maximum absolute atomic E-state index is 7.07. The molecule has 0 unspecified atom stereocenters. The van der Waals surface area contributed by atoms with Gasteiger partial charge in [-0.3, -0.25) is 0 Å². The van der Waals surface area contributed by atoms with Crippen LogP contribution in [0, 0.1) is 0 Å². The Balaban J connectivity index is 0. The Morgan fingerprint density at radius 2 is 1.62 bits per heavy atom. The van der Waals surface area contributed by atoms with Crippen molar-refractivity contribution in [2.75, 3.05) is 0 Å². The quantitative estimate of drug-likeness (QED) is 0.374. The van der Waals surface area contributed by atoms with Crippen molar-refractivity contribution in [1.82, 2.24) is 0 Å². The van der Waals surface area contributed by atoms with E-state index in [0.717, 1.165) is 0 Å². The molecule has 0 amide bonds. The fourth-order valence-corrected chi connectivity index (χ4v) is 0.354. The van der Waals surface area contributed by atoms with Crippen LogP contribution >= 0.6 is 0 Å². The minimum absolute atomic E-state index is 1.18. The summed E-state index contributed by atoms with van der Waals surface area (Å²) in [6.45, 7) is 4.42. The van der Waals surface area contributed by atoms with Crippen LogP contribution < -0.4 is 0 Å². The predicted molar refractivity (Wildman–Crippen MR) is 28.9 cm³/mol. The second kappa shape index (κ2) is 15.6. The molecule has 0 radical (unpaired) electrons. The van der Waals surface area contributed by atoms with Gasteiger partial charge in [-0.1, -0.05) is 33.1 Å². The zero-order valence-electron chi connectivity index (χ0n) is 5.48. The van der Waals surface area contributed by atoms with Gasteiger partial charge < -0.3 is 0 Å². The van der Waals surface area contributed by atoms with Crippen LogP contribution in [0.4, 0.5) is 0 Å². The van der Waals surface area contributed by atoms with Gasteiger partial charge in [0.2, 0.25) is 0 Å². The Morgan fingerprint density at radius 1 is 1.38 bits per heavy atom. The molecule has 0 aromatic carbocycles. The summed E-state index contributed by atoms with van der Waals surface area (Å²) < 4.78 is 3.25. The van der Waals surface area contributed by atoms with Crippen LogP contribution in [-0.2, 0) is 24.3 Å². The Morgan fingerprint density at radius 3 is 1.62 bits per heavy atom. The van der Waals surface area contributed by atoms with Crippen LogP contribution in [-0.4, -0.2) is 5.26 Å². The molecule has 3 heteroatoms. The van der Waals surface area contributed by atoms with Crippen molar-refractivity contribution in [3.63, 3.8) is 0 Å². The average Bonchev–Trinajstić information content (AvgIpc) is 1.71. The van der Waals surface area contributed by atoms with Crippen LogP contribution in [0.3, 0.4) is 0 Å². The molecular formula is C5H13O2Ti. The van der Waals surface area contributed by atoms with E-state index in [1.165, 1.54) is 40.1 Å². The minimum atomic E-state index is 1.18. The van der Waals surface area contributed by atoms with Gasteiger partial charge in [0.15, 0.2) is 0 Å². The molecule has 1 N–H and O–H groups in total. The molecule has 0 aliphatic carbocycles. The van der Waals surface area contributed by atoms with Crippen molar-refractivity contribution >= 4 is 0 Å². The van der Waals surface area contributed by atoms with Crippen LogP contribution in [0.25, 0.3) is 0 Å². The summed E-state index contributed by atoms with van der Waals surface area (Å²) in [5.41, 5.74) is 0. The molecular weight excluding hydrogens is 140 g/mol. The Kier molecular flexibility index (Phi) is 22.4. The van der Waals surface area contributed by atoms with Gasteiger partial charge in [0.1, 0.15) is 0 Å². The van der Waals surface area contributed by atoms with Gasteiger partial charge in [-0.25, -0.2) is 0 Å². The third kappa shape index (κ3) is 30.3. The first-order valence-corrected chi connectivity index (χ1v) is 3.44. The van der Waals surface area contributed by atoms with E-state index in [1.807, 2.05) is 0 Å². The Bertz CT molecular complexity index is 24.4. The molecule has 0 aliphatic heterocycles. The van der Waals surface area contributed by atoms with Gasteiger partial charge in [-0.2, -0.15) is 0 Å². The molecule has 2 nitrogen and oxygen atoms in total. The van der Waals surface area contributed by atoms with Crippen LogP contribution in [0.15, 0.2) is 0 Å². The van der Waals surface area contributed by atoms with Crippen molar-refractivity contribution in [3.8, 4) is 0 Å². The van der Waals surface area contributed by atoms with Gasteiger partial charge in [-0.05, 0) is 0 Å². The third-order valence-corrected chi connectivity index (χ3v) is 0.707. The second-order valence-electron chi connectivity index (χ2n) is 1.44. The average molecular weight is 153 g/mol. The van der Waals surface area contributed by atoms with Crippen molar-refractivity contribution in [3.05, 3.63) is 0 Å². The molecule has 0 heterocycles. The molecule has 0 aliphatic rings. The normalized spacial score (nSPS) is 7.25. The SMILES string of the molecule is CCCCC.O[O][Ti]. The van der Waals surface area contributed by atoms with E-state index in [-0.39, 0.29) is 0 Å². The van der Waals surface area contributed by atoms with E-state index < -0.39 is 0 Å². The van der Waals surface area contributed by atoms with Crippen molar-refractivity contribution in [1.29, 1.82) is 0 Å². The summed E-state index contributed by atoms with van der Waals surface area (Å²) >= 11 is 1.18. The van der Waals surface area contributed by atoms with Crippen molar-refractivity contribution < 1.29 is 29.5 Å². The molecule has 0 spiro atoms. The molecule has 0 aromatic rings. The van der Waals surface area contributed by atoms with Crippen LogP contribution in [0.1, 0.15) is 33.1 Å². The predicted octanol–water partition coefficient (Wildman–Crippen LogP) is 2.13. The Hall–Kier alpha value is 0.634. The fourth-order valence-electron chi connectivity index (χ4n) is 0.354. The second-order valence-corrected chi connectivity index (χ2v) is 1.73. The van der Waals surface area contributed by atoms with Gasteiger partial charge in [-0.15, -0.1) is 0 Å². The summed E-state index contributed by atoms with van der Waals surface area (Å²) in [4.78, 5) is 0. The van der Waals surface area contributed by atoms with Gasteiger partial charge in [0, 0.05) is 0 Å². The summed E-state index contributed by atoms with van der Waals surface area (Å²) in [5.74, 6) is 0. The zero-order chi connectivity index (χ0) is 6.83. The summed E-state index contributed by atoms with van der Waals surface area (Å²) in [6, 6.07) is 0. The van der Waals surface area contributed by atoms with Crippen LogP contribution in [0.2, 0.25) is 0 Å². The number of hydrogen-bond donors (Lipinski definition) is 1. The summed E-state index contributed by atoms with van der Waals surface area (Å²) in [7, 11) is 0. The molecule has 0 atom stereocenters. The molecule has 0 aromatic heterocycles. The molecule has 0 fully saturated rings. The van der Waals surface area contributed by atoms with E-state index in [9.17, 15) is 0 Å². The molecule has 49 valence electrons. The van der Waals surface area contributed by atoms with E-state index in [2.05, 4.69) is 17.3 Å². The van der Waals surface area contributed by atoms with Gasteiger partial charge in [0.25, 0.3) is 0 Å². The summed E-state index contributed by atoms with van der Waals surface area (Å²) in [6.07, 6.45) is 4.08. The first-order chi connectivity index (χ1) is 3.83. The van der Waals surface area contributed by atoms with Crippen molar-refractivity contribution in [2.45, 2.75) is 33.1 Å². The van der Waals surface area contributed by atoms with E-state index >= 15 is 0 Å². The van der Waals surface area contributed by atoms with Crippen molar-refractivity contribution in [2.24, 2.45) is 0 Å². The Labute approximate surface area is 63.0 Å². The zero-order valence-corrected chi connectivity index (χ0v) is 7.04. The van der Waals surface area contributed by atoms with Gasteiger partial charge in [0.05, 0.1) is 0 Å². The number of unbranched alkanes of at least 4 members (excludes halogenated alkanes) is 2. The standard InChI is InChI=1S/C5H12.H2O2.Ti/c1-3-5-4-2;1-2;/h3-5H2,1-2H3;1-2H;/q;;+1/p-1. The topological polar surface area (TPSA) is 29.5 Å². The monoisotopic (exact) mass is 153 g/mol. The van der Waals surface area contributed by atoms with E-state index in [0.29, 0.717) is 0 Å². The van der Waals surface area contributed by atoms with Gasteiger partial charge >= 0.3 is 29.5 Å². The number of hydrogen-bond acceptors (Lipinski definition) is 2. The molecule has 0 saturated carbocycles. The molecule has 0 rings (SSSR count). The molecule has 0 saturated heterocycles. The van der Waals surface area contributed by atoms with E-state index in [1.54, 1.807) is 0 Å². The summed E-state index contributed by atoms with van der Waals surface area (Å²) in [5, 5.41) is 7.07. The number of rotatable bonds is 2. The first kappa shape index (κ1) is 11.4. The fraction of sp³-hybridized carbons (Fsp3) is 1.00. The van der Waals surface area contributed by atoms with E-state index in [4.69, 9.17) is 5.26 Å². The third-order valence-electron chi connectivity index (χ3n) is 0.707. The first-order valence-electron chi connectivity index (χ1n) is 2.80. The van der Waals surface area contributed by atoms with Crippen LogP contribution in [0.5, 0.6) is 0 Å². The molecule has 8 heavy (non-hydrogen) atoms.